The molecule has 1 aromatic rings. The van der Waals surface area contributed by atoms with Crippen LogP contribution in [-0.2, 0) is 16.1 Å². The van der Waals surface area contributed by atoms with Crippen molar-refractivity contribution >= 4 is 18.3 Å². The molecule has 134 valence electrons. The molecule has 1 amide bonds. The molecular formula is C19H29ClN2O2. The zero-order valence-corrected chi connectivity index (χ0v) is 15.0. The Bertz CT molecular complexity index is 509. The molecule has 2 aliphatic rings. The van der Waals surface area contributed by atoms with E-state index in [2.05, 4.69) is 17.4 Å². The van der Waals surface area contributed by atoms with Gasteiger partial charge in [-0.25, -0.2) is 0 Å². The molecule has 4 nitrogen and oxygen atoms in total. The average Bonchev–Trinajstić information content (AvgIpc) is 3.16. The number of amides is 1. The van der Waals surface area contributed by atoms with Crippen LogP contribution < -0.4 is 11.1 Å². The molecule has 3 N–H and O–H groups in total. The van der Waals surface area contributed by atoms with Crippen molar-refractivity contribution in [2.24, 2.45) is 23.5 Å². The van der Waals surface area contributed by atoms with Gasteiger partial charge in [0.2, 0.25) is 5.91 Å². The summed E-state index contributed by atoms with van der Waals surface area (Å²) in [5.74, 6) is 1.35. The van der Waals surface area contributed by atoms with Crippen LogP contribution in [0.25, 0.3) is 0 Å². The van der Waals surface area contributed by atoms with Crippen molar-refractivity contribution in [3.63, 3.8) is 0 Å². The highest BCUT2D eigenvalue weighted by Gasteiger charge is 2.48. The third-order valence-corrected chi connectivity index (χ3v) is 5.41. The molecular weight excluding hydrogens is 324 g/mol. The second-order valence-electron chi connectivity index (χ2n) is 6.97. The minimum absolute atomic E-state index is 0. The molecule has 0 aliphatic heterocycles. The van der Waals surface area contributed by atoms with Crippen LogP contribution in [-0.4, -0.2) is 25.1 Å². The van der Waals surface area contributed by atoms with Gasteiger partial charge < -0.3 is 15.8 Å². The van der Waals surface area contributed by atoms with Crippen LogP contribution in [0.1, 0.15) is 37.7 Å². The molecule has 1 aromatic carbocycles. The molecule has 2 bridgehead atoms. The maximum absolute atomic E-state index is 12.3. The van der Waals surface area contributed by atoms with E-state index in [1.54, 1.807) is 0 Å². The van der Waals surface area contributed by atoms with Crippen LogP contribution in [0.2, 0.25) is 0 Å². The summed E-state index contributed by atoms with van der Waals surface area (Å²) < 4.78 is 5.65. The first-order valence-corrected chi connectivity index (χ1v) is 8.90. The van der Waals surface area contributed by atoms with Gasteiger partial charge >= 0.3 is 0 Å². The SMILES string of the molecule is Cl.NC1C2CCC(C2)C1C(=O)NCCCCOCc1ccccc1. The number of rotatable bonds is 8. The number of ether oxygens (including phenoxy) is 1. The number of unbranched alkanes of at least 4 members (excludes halogenated alkanes) is 1. The molecule has 4 unspecified atom stereocenters. The van der Waals surface area contributed by atoms with E-state index >= 15 is 0 Å². The van der Waals surface area contributed by atoms with Crippen molar-refractivity contribution in [2.45, 2.75) is 44.8 Å². The number of nitrogens with two attached hydrogens (primary N) is 1. The minimum Gasteiger partial charge on any atom is -0.377 e. The van der Waals surface area contributed by atoms with E-state index < -0.39 is 0 Å². The lowest BCUT2D eigenvalue weighted by molar-refractivity contribution is -0.127. The first kappa shape index (κ1) is 19.2. The monoisotopic (exact) mass is 352 g/mol. The zero-order chi connectivity index (χ0) is 16.1. The Hall–Kier alpha value is -1.10. The number of hydrogen-bond donors (Lipinski definition) is 2. The highest BCUT2D eigenvalue weighted by Crippen LogP contribution is 2.47. The lowest BCUT2D eigenvalue weighted by Gasteiger charge is -2.27. The lowest BCUT2D eigenvalue weighted by atomic mass is 9.84. The predicted molar refractivity (Wildman–Crippen MR) is 97.9 cm³/mol. The van der Waals surface area contributed by atoms with Crippen molar-refractivity contribution in [1.82, 2.24) is 5.32 Å². The Labute approximate surface area is 150 Å². The number of benzene rings is 1. The van der Waals surface area contributed by atoms with Gasteiger partial charge in [0.05, 0.1) is 12.5 Å². The van der Waals surface area contributed by atoms with Gasteiger partial charge in [0.25, 0.3) is 0 Å². The number of hydrogen-bond acceptors (Lipinski definition) is 3. The predicted octanol–water partition coefficient (Wildman–Crippen LogP) is 2.89. The van der Waals surface area contributed by atoms with Crippen LogP contribution in [0.15, 0.2) is 30.3 Å². The van der Waals surface area contributed by atoms with Crippen molar-refractivity contribution in [3.05, 3.63) is 35.9 Å². The van der Waals surface area contributed by atoms with Crippen molar-refractivity contribution in [2.75, 3.05) is 13.2 Å². The summed E-state index contributed by atoms with van der Waals surface area (Å²) in [5.41, 5.74) is 7.41. The van der Waals surface area contributed by atoms with Crippen LogP contribution in [0, 0.1) is 17.8 Å². The van der Waals surface area contributed by atoms with Crippen LogP contribution in [0.5, 0.6) is 0 Å². The highest BCUT2D eigenvalue weighted by atomic mass is 35.5. The summed E-state index contributed by atoms with van der Waals surface area (Å²) in [4.78, 5) is 12.3. The first-order valence-electron chi connectivity index (χ1n) is 8.90. The summed E-state index contributed by atoms with van der Waals surface area (Å²) in [6.45, 7) is 2.12. The third-order valence-electron chi connectivity index (χ3n) is 5.41. The molecule has 0 spiro atoms. The second kappa shape index (κ2) is 9.40. The summed E-state index contributed by atoms with van der Waals surface area (Å²) in [7, 11) is 0. The number of nitrogens with one attached hydrogen (secondary N) is 1. The van der Waals surface area contributed by atoms with Gasteiger partial charge in [-0.05, 0) is 49.5 Å². The van der Waals surface area contributed by atoms with Crippen molar-refractivity contribution in [3.8, 4) is 0 Å². The highest BCUT2D eigenvalue weighted by molar-refractivity contribution is 5.85. The maximum Gasteiger partial charge on any atom is 0.224 e. The Morgan fingerprint density at radius 3 is 2.62 bits per heavy atom. The van der Waals surface area contributed by atoms with Gasteiger partial charge in [-0.1, -0.05) is 30.3 Å². The minimum atomic E-state index is 0. The molecule has 5 heteroatoms. The molecule has 0 heterocycles. The average molecular weight is 353 g/mol. The number of carbonyl (C=O) groups excluding carboxylic acids is 1. The zero-order valence-electron chi connectivity index (χ0n) is 14.2. The van der Waals surface area contributed by atoms with E-state index in [1.807, 2.05) is 18.2 Å². The number of halogens is 1. The summed E-state index contributed by atoms with van der Waals surface area (Å²) in [6.07, 6.45) is 5.48. The van der Waals surface area contributed by atoms with Crippen LogP contribution in [0.3, 0.4) is 0 Å². The van der Waals surface area contributed by atoms with E-state index in [0.29, 0.717) is 18.4 Å². The molecule has 4 atom stereocenters. The molecule has 0 saturated heterocycles. The van der Waals surface area contributed by atoms with E-state index in [-0.39, 0.29) is 30.3 Å². The fourth-order valence-electron chi connectivity index (χ4n) is 4.15. The number of fused-ring (bicyclic) bond motifs is 2. The molecule has 3 rings (SSSR count). The quantitative estimate of drug-likeness (QED) is 0.707. The van der Waals surface area contributed by atoms with Gasteiger partial charge in [0, 0.05) is 19.2 Å². The smallest absolute Gasteiger partial charge is 0.224 e. The van der Waals surface area contributed by atoms with Gasteiger partial charge in [0.1, 0.15) is 0 Å². The number of carbonyl (C=O) groups is 1. The molecule has 0 radical (unpaired) electrons. The standard InChI is InChI=1S/C19H28N2O2.ClH/c20-18-16-9-8-15(12-16)17(18)19(22)21-10-4-5-11-23-13-14-6-2-1-3-7-14;/h1-3,6-7,15-18H,4-5,8-13,20H2,(H,21,22);1H. The normalized spacial score (nSPS) is 27.7. The molecule has 2 saturated carbocycles. The Balaban J connectivity index is 0.00000208. The summed E-state index contributed by atoms with van der Waals surface area (Å²) in [5, 5.41) is 3.07. The Morgan fingerprint density at radius 2 is 1.92 bits per heavy atom. The van der Waals surface area contributed by atoms with E-state index in [1.165, 1.54) is 18.4 Å². The fraction of sp³-hybridized carbons (Fsp3) is 0.632. The Kier molecular flexibility index (Phi) is 7.53. The largest absolute Gasteiger partial charge is 0.377 e. The summed E-state index contributed by atoms with van der Waals surface area (Å²) in [6, 6.07) is 10.3. The van der Waals surface area contributed by atoms with E-state index in [0.717, 1.165) is 32.4 Å². The van der Waals surface area contributed by atoms with Crippen LogP contribution in [0.4, 0.5) is 0 Å². The fourth-order valence-corrected chi connectivity index (χ4v) is 4.15. The van der Waals surface area contributed by atoms with Gasteiger partial charge in [-0.2, -0.15) is 0 Å². The van der Waals surface area contributed by atoms with Gasteiger partial charge in [-0.3, -0.25) is 4.79 Å². The second-order valence-corrected chi connectivity index (χ2v) is 6.97. The topological polar surface area (TPSA) is 64.4 Å². The van der Waals surface area contributed by atoms with Crippen molar-refractivity contribution < 1.29 is 9.53 Å². The van der Waals surface area contributed by atoms with Gasteiger partial charge in [-0.15, -0.1) is 12.4 Å². The lowest BCUT2D eigenvalue weighted by Crippen LogP contribution is -2.45. The maximum atomic E-state index is 12.3. The van der Waals surface area contributed by atoms with E-state index in [9.17, 15) is 4.79 Å². The van der Waals surface area contributed by atoms with Crippen molar-refractivity contribution in [1.29, 1.82) is 0 Å². The van der Waals surface area contributed by atoms with E-state index in [4.69, 9.17) is 10.5 Å². The molecule has 2 fully saturated rings. The van der Waals surface area contributed by atoms with Crippen LogP contribution >= 0.6 is 12.4 Å². The Morgan fingerprint density at radius 1 is 1.17 bits per heavy atom. The summed E-state index contributed by atoms with van der Waals surface area (Å²) >= 11 is 0. The third kappa shape index (κ3) is 4.71. The molecule has 24 heavy (non-hydrogen) atoms. The van der Waals surface area contributed by atoms with Gasteiger partial charge in [0.15, 0.2) is 0 Å². The molecule has 0 aromatic heterocycles. The first-order chi connectivity index (χ1) is 11.3. The molecule has 2 aliphatic carbocycles.